The van der Waals surface area contributed by atoms with Gasteiger partial charge >= 0.3 is 0 Å². The predicted molar refractivity (Wildman–Crippen MR) is 75.0 cm³/mol. The molecule has 1 heterocycles. The summed E-state index contributed by atoms with van der Waals surface area (Å²) in [4.78, 5) is 0. The van der Waals surface area contributed by atoms with Gasteiger partial charge in [0.2, 0.25) is 0 Å². The topological polar surface area (TPSA) is 9.23 Å². The number of alkyl halides is 1. The van der Waals surface area contributed by atoms with Gasteiger partial charge in [-0.2, -0.15) is 0 Å². The third-order valence-electron chi connectivity index (χ3n) is 2.36. The van der Waals surface area contributed by atoms with Crippen molar-refractivity contribution in [3.8, 4) is 5.75 Å². The standard InChI is InChI=1S/C12H9Cl3OS/c1-16-8-4-2-7(3-5-8)11(14)9-6-10(13)17-12(9)15/h2-6,11H,1H3. The van der Waals surface area contributed by atoms with Crippen LogP contribution in [0, 0.1) is 0 Å². The van der Waals surface area contributed by atoms with Gasteiger partial charge < -0.3 is 4.74 Å². The van der Waals surface area contributed by atoms with Crippen molar-refractivity contribution in [2.24, 2.45) is 0 Å². The quantitative estimate of drug-likeness (QED) is 0.691. The average molecular weight is 308 g/mol. The first-order chi connectivity index (χ1) is 8.11. The molecule has 90 valence electrons. The largest absolute Gasteiger partial charge is 0.497 e. The van der Waals surface area contributed by atoms with Gasteiger partial charge in [-0.3, -0.25) is 0 Å². The van der Waals surface area contributed by atoms with Gasteiger partial charge in [0, 0.05) is 5.56 Å². The van der Waals surface area contributed by atoms with Crippen LogP contribution >= 0.6 is 46.1 Å². The third-order valence-corrected chi connectivity index (χ3v) is 4.37. The lowest BCUT2D eigenvalue weighted by Crippen LogP contribution is -1.92. The number of benzene rings is 1. The Hall–Kier alpha value is -0.410. The van der Waals surface area contributed by atoms with Crippen LogP contribution in [0.25, 0.3) is 0 Å². The maximum Gasteiger partial charge on any atom is 0.118 e. The summed E-state index contributed by atoms with van der Waals surface area (Å²) in [5.74, 6) is 0.798. The maximum absolute atomic E-state index is 6.37. The molecule has 0 spiro atoms. The lowest BCUT2D eigenvalue weighted by molar-refractivity contribution is 0.414. The van der Waals surface area contributed by atoms with E-state index in [0.717, 1.165) is 16.9 Å². The smallest absolute Gasteiger partial charge is 0.118 e. The number of ether oxygens (including phenoxy) is 1. The van der Waals surface area contributed by atoms with Crippen molar-refractivity contribution in [3.63, 3.8) is 0 Å². The summed E-state index contributed by atoms with van der Waals surface area (Å²) in [5.41, 5.74) is 1.80. The summed E-state index contributed by atoms with van der Waals surface area (Å²) in [5, 5.41) is -0.294. The van der Waals surface area contributed by atoms with Crippen molar-refractivity contribution in [2.45, 2.75) is 5.38 Å². The second-order valence-corrected chi connectivity index (χ2v) is 6.14. The molecule has 5 heteroatoms. The highest BCUT2D eigenvalue weighted by Gasteiger charge is 2.17. The molecule has 2 rings (SSSR count). The molecule has 2 aromatic rings. The number of hydrogen-bond donors (Lipinski definition) is 0. The third kappa shape index (κ3) is 2.89. The molecular weight excluding hydrogens is 299 g/mol. The summed E-state index contributed by atoms with van der Waals surface area (Å²) in [6.45, 7) is 0. The molecule has 1 aromatic heterocycles. The molecule has 1 aromatic carbocycles. The molecule has 0 aliphatic heterocycles. The molecule has 0 saturated heterocycles. The average Bonchev–Trinajstić information content (AvgIpc) is 2.68. The molecule has 0 saturated carbocycles. The van der Waals surface area contributed by atoms with Crippen LogP contribution in [0.15, 0.2) is 30.3 Å². The monoisotopic (exact) mass is 306 g/mol. The van der Waals surface area contributed by atoms with Gasteiger partial charge in [0.1, 0.15) is 5.75 Å². The van der Waals surface area contributed by atoms with Crippen molar-refractivity contribution in [3.05, 3.63) is 50.1 Å². The number of thiophene rings is 1. The van der Waals surface area contributed by atoms with Crippen molar-refractivity contribution in [1.29, 1.82) is 0 Å². The fraction of sp³-hybridized carbons (Fsp3) is 0.167. The highest BCUT2D eigenvalue weighted by atomic mass is 35.5. The first kappa shape index (κ1) is 13.0. The Balaban J connectivity index is 2.30. The summed E-state index contributed by atoms with van der Waals surface area (Å²) >= 11 is 19.7. The zero-order valence-electron chi connectivity index (χ0n) is 8.91. The van der Waals surface area contributed by atoms with E-state index in [2.05, 4.69) is 0 Å². The fourth-order valence-corrected chi connectivity index (χ4v) is 3.45. The Morgan fingerprint density at radius 1 is 1.18 bits per heavy atom. The molecular formula is C12H9Cl3OS. The molecule has 0 fully saturated rings. The van der Waals surface area contributed by atoms with E-state index in [0.29, 0.717) is 8.67 Å². The first-order valence-corrected chi connectivity index (χ1v) is 6.85. The molecule has 1 unspecified atom stereocenters. The van der Waals surface area contributed by atoms with E-state index in [1.54, 1.807) is 13.2 Å². The number of hydrogen-bond acceptors (Lipinski definition) is 2. The zero-order chi connectivity index (χ0) is 12.4. The number of rotatable bonds is 3. The molecule has 0 aliphatic rings. The van der Waals surface area contributed by atoms with Crippen LogP contribution in [0.3, 0.4) is 0 Å². The van der Waals surface area contributed by atoms with Gasteiger partial charge in [0.25, 0.3) is 0 Å². The normalized spacial score (nSPS) is 12.5. The fourth-order valence-electron chi connectivity index (χ4n) is 1.48. The maximum atomic E-state index is 6.37. The zero-order valence-corrected chi connectivity index (χ0v) is 12.0. The molecule has 0 N–H and O–H groups in total. The highest BCUT2D eigenvalue weighted by molar-refractivity contribution is 7.20. The van der Waals surface area contributed by atoms with E-state index in [4.69, 9.17) is 39.5 Å². The summed E-state index contributed by atoms with van der Waals surface area (Å²) in [7, 11) is 1.63. The number of halogens is 3. The molecule has 1 atom stereocenters. The predicted octanol–water partition coefficient (Wildman–Crippen LogP) is 5.39. The number of methoxy groups -OCH3 is 1. The Bertz CT molecular complexity index is 507. The van der Waals surface area contributed by atoms with E-state index < -0.39 is 0 Å². The van der Waals surface area contributed by atoms with E-state index in [9.17, 15) is 0 Å². The SMILES string of the molecule is COc1ccc(C(Cl)c2cc(Cl)sc2Cl)cc1. The van der Waals surface area contributed by atoms with E-state index in [1.807, 2.05) is 24.3 Å². The van der Waals surface area contributed by atoms with Crippen LogP contribution < -0.4 is 4.74 Å². The molecule has 0 amide bonds. The van der Waals surface area contributed by atoms with Gasteiger partial charge in [-0.15, -0.1) is 22.9 Å². The Labute approximate surface area is 119 Å². The second-order valence-electron chi connectivity index (χ2n) is 3.42. The minimum atomic E-state index is -0.294. The van der Waals surface area contributed by atoms with Crippen molar-refractivity contribution >= 4 is 46.1 Å². The van der Waals surface area contributed by atoms with Crippen LogP contribution in [0.1, 0.15) is 16.5 Å². The Morgan fingerprint density at radius 2 is 1.82 bits per heavy atom. The molecule has 1 nitrogen and oxygen atoms in total. The van der Waals surface area contributed by atoms with Crippen molar-refractivity contribution in [1.82, 2.24) is 0 Å². The molecule has 0 bridgehead atoms. The van der Waals surface area contributed by atoms with Gasteiger partial charge in [-0.25, -0.2) is 0 Å². The van der Waals surface area contributed by atoms with Gasteiger partial charge in [0.05, 0.1) is 21.2 Å². The summed E-state index contributed by atoms with van der Waals surface area (Å²) in [6.07, 6.45) is 0. The van der Waals surface area contributed by atoms with Crippen molar-refractivity contribution < 1.29 is 4.74 Å². The Kier molecular flexibility index (Phi) is 4.21. The molecule has 0 radical (unpaired) electrons. The Morgan fingerprint density at radius 3 is 2.29 bits per heavy atom. The lowest BCUT2D eigenvalue weighted by Gasteiger charge is -2.09. The summed E-state index contributed by atoms with van der Waals surface area (Å²) in [6, 6.07) is 9.37. The van der Waals surface area contributed by atoms with E-state index in [1.165, 1.54) is 11.3 Å². The minimum absolute atomic E-state index is 0.294. The first-order valence-electron chi connectivity index (χ1n) is 4.84. The van der Waals surface area contributed by atoms with E-state index >= 15 is 0 Å². The van der Waals surface area contributed by atoms with Gasteiger partial charge in [0.15, 0.2) is 0 Å². The summed E-state index contributed by atoms with van der Waals surface area (Å²) < 4.78 is 6.37. The molecule has 17 heavy (non-hydrogen) atoms. The van der Waals surface area contributed by atoms with Gasteiger partial charge in [-0.05, 0) is 23.8 Å². The lowest BCUT2D eigenvalue weighted by atomic mass is 10.1. The van der Waals surface area contributed by atoms with E-state index in [-0.39, 0.29) is 5.38 Å². The van der Waals surface area contributed by atoms with Crippen LogP contribution in [-0.2, 0) is 0 Å². The van der Waals surface area contributed by atoms with Crippen LogP contribution in [-0.4, -0.2) is 7.11 Å². The van der Waals surface area contributed by atoms with Gasteiger partial charge in [-0.1, -0.05) is 35.3 Å². The van der Waals surface area contributed by atoms with Crippen molar-refractivity contribution in [2.75, 3.05) is 7.11 Å². The van der Waals surface area contributed by atoms with Crippen LogP contribution in [0.4, 0.5) is 0 Å². The minimum Gasteiger partial charge on any atom is -0.497 e. The van der Waals surface area contributed by atoms with Crippen LogP contribution in [0.5, 0.6) is 5.75 Å². The second kappa shape index (κ2) is 5.49. The van der Waals surface area contributed by atoms with Crippen LogP contribution in [0.2, 0.25) is 8.67 Å². The molecule has 0 aliphatic carbocycles. The highest BCUT2D eigenvalue weighted by Crippen LogP contribution is 2.40.